The van der Waals surface area contributed by atoms with Crippen molar-refractivity contribution in [3.8, 4) is 11.5 Å². The first-order valence-electron chi connectivity index (χ1n) is 8.78. The molecule has 1 N–H and O–H groups in total. The number of carbonyl (C=O) groups excluding carboxylic acids is 2. The van der Waals surface area contributed by atoms with Gasteiger partial charge in [-0.2, -0.15) is 0 Å². The number of nitrogens with zero attached hydrogens (tertiary/aromatic N) is 2. The Morgan fingerprint density at radius 2 is 1.96 bits per heavy atom. The quantitative estimate of drug-likeness (QED) is 0.721. The van der Waals surface area contributed by atoms with Crippen LogP contribution in [0.3, 0.4) is 0 Å². The Morgan fingerprint density at radius 1 is 1.14 bits per heavy atom. The predicted octanol–water partition coefficient (Wildman–Crippen LogP) is 3.31. The third-order valence-corrected chi connectivity index (χ3v) is 5.19. The first-order valence-corrected chi connectivity index (χ1v) is 10.0. The van der Waals surface area contributed by atoms with Crippen LogP contribution in [0.15, 0.2) is 47.4 Å². The average molecular weight is 401 g/mol. The summed E-state index contributed by atoms with van der Waals surface area (Å²) in [7, 11) is 3.12. The van der Waals surface area contributed by atoms with E-state index in [0.29, 0.717) is 30.3 Å². The first kappa shape index (κ1) is 19.9. The number of ether oxygens (including phenoxy) is 2. The van der Waals surface area contributed by atoms with Gasteiger partial charge < -0.3 is 19.7 Å². The Labute approximate surface area is 168 Å². The van der Waals surface area contributed by atoms with Crippen LogP contribution in [-0.4, -0.2) is 56.9 Å². The van der Waals surface area contributed by atoms with Crippen molar-refractivity contribution in [3.63, 3.8) is 0 Å². The van der Waals surface area contributed by atoms with Crippen molar-refractivity contribution < 1.29 is 19.1 Å². The van der Waals surface area contributed by atoms with Crippen molar-refractivity contribution in [1.82, 2.24) is 4.90 Å². The van der Waals surface area contributed by atoms with E-state index < -0.39 is 0 Å². The van der Waals surface area contributed by atoms with E-state index in [1.165, 1.54) is 4.90 Å². The highest BCUT2D eigenvalue weighted by molar-refractivity contribution is 7.98. The number of urea groups is 1. The molecule has 3 amide bonds. The summed E-state index contributed by atoms with van der Waals surface area (Å²) >= 11 is 1.60. The molecule has 0 radical (unpaired) electrons. The van der Waals surface area contributed by atoms with Gasteiger partial charge in [-0.15, -0.1) is 11.8 Å². The molecular formula is C20H23N3O4S. The molecule has 1 saturated heterocycles. The zero-order valence-electron chi connectivity index (χ0n) is 16.1. The van der Waals surface area contributed by atoms with Gasteiger partial charge in [0.2, 0.25) is 5.91 Å². The van der Waals surface area contributed by atoms with Gasteiger partial charge in [-0.25, -0.2) is 4.79 Å². The summed E-state index contributed by atoms with van der Waals surface area (Å²) in [5, 5.41) is 2.85. The van der Waals surface area contributed by atoms with Gasteiger partial charge in [0.1, 0.15) is 18.0 Å². The first-order chi connectivity index (χ1) is 13.5. The maximum Gasteiger partial charge on any atom is 0.325 e. The predicted molar refractivity (Wildman–Crippen MR) is 111 cm³/mol. The molecule has 1 aliphatic rings. The fourth-order valence-corrected chi connectivity index (χ4v) is 3.49. The van der Waals surface area contributed by atoms with Gasteiger partial charge in [0.05, 0.1) is 19.9 Å². The Morgan fingerprint density at radius 3 is 2.68 bits per heavy atom. The fraction of sp³-hybridized carbons (Fsp3) is 0.300. The molecule has 8 heteroatoms. The second-order valence-electron chi connectivity index (χ2n) is 6.17. The summed E-state index contributed by atoms with van der Waals surface area (Å²) in [6.45, 7) is 0.917. The summed E-state index contributed by atoms with van der Waals surface area (Å²) in [4.78, 5) is 29.4. The maximum atomic E-state index is 12.8. The lowest BCUT2D eigenvalue weighted by molar-refractivity contribution is -0.116. The largest absolute Gasteiger partial charge is 0.497 e. The fourth-order valence-electron chi connectivity index (χ4n) is 3.04. The molecule has 2 aromatic rings. The van der Waals surface area contributed by atoms with Gasteiger partial charge >= 0.3 is 6.03 Å². The molecule has 0 unspecified atom stereocenters. The number of nitrogens with one attached hydrogen (secondary N) is 1. The second kappa shape index (κ2) is 8.88. The lowest BCUT2D eigenvalue weighted by atomic mass is 10.2. The summed E-state index contributed by atoms with van der Waals surface area (Å²) in [5.41, 5.74) is 1.34. The summed E-state index contributed by atoms with van der Waals surface area (Å²) in [5.74, 6) is 0.980. The zero-order valence-corrected chi connectivity index (χ0v) is 16.9. The number of thioether (sulfide) groups is 1. The molecule has 7 nitrogen and oxygen atoms in total. The van der Waals surface area contributed by atoms with Crippen LogP contribution in [-0.2, 0) is 4.79 Å². The molecule has 3 rings (SSSR count). The van der Waals surface area contributed by atoms with Crippen LogP contribution in [0.5, 0.6) is 11.5 Å². The van der Waals surface area contributed by atoms with Crippen LogP contribution >= 0.6 is 11.8 Å². The topological polar surface area (TPSA) is 71.1 Å². The Hall–Kier alpha value is -2.87. The van der Waals surface area contributed by atoms with Gasteiger partial charge in [0, 0.05) is 29.7 Å². The van der Waals surface area contributed by atoms with Gasteiger partial charge in [0.25, 0.3) is 0 Å². The third-order valence-electron chi connectivity index (χ3n) is 4.46. The molecule has 28 heavy (non-hydrogen) atoms. The van der Waals surface area contributed by atoms with E-state index in [2.05, 4.69) is 5.32 Å². The molecule has 1 aliphatic heterocycles. The van der Waals surface area contributed by atoms with Gasteiger partial charge in [0.15, 0.2) is 0 Å². The Bertz CT molecular complexity index is 874. The highest BCUT2D eigenvalue weighted by Crippen LogP contribution is 2.34. The van der Waals surface area contributed by atoms with Crippen LogP contribution in [0.2, 0.25) is 0 Å². The molecule has 0 atom stereocenters. The number of methoxy groups -OCH3 is 2. The van der Waals surface area contributed by atoms with E-state index in [0.717, 1.165) is 10.6 Å². The van der Waals surface area contributed by atoms with Gasteiger partial charge in [-0.1, -0.05) is 6.07 Å². The smallest absolute Gasteiger partial charge is 0.325 e. The van der Waals surface area contributed by atoms with Crippen molar-refractivity contribution in [2.24, 2.45) is 0 Å². The zero-order chi connectivity index (χ0) is 20.1. The Kier molecular flexibility index (Phi) is 6.30. The molecule has 1 fully saturated rings. The number of amides is 3. The lowest BCUT2D eigenvalue weighted by Gasteiger charge is -2.21. The van der Waals surface area contributed by atoms with Crippen LogP contribution < -0.4 is 19.7 Å². The van der Waals surface area contributed by atoms with Crippen molar-refractivity contribution in [2.75, 3.05) is 50.3 Å². The SMILES string of the molecule is COc1ccc(OC)c(N2CCN(CC(=O)Nc3cccc(SC)c3)C2=O)c1. The lowest BCUT2D eigenvalue weighted by Crippen LogP contribution is -2.37. The molecule has 0 bridgehead atoms. The van der Waals surface area contributed by atoms with Crippen LogP contribution in [0, 0.1) is 0 Å². The van der Waals surface area contributed by atoms with E-state index in [4.69, 9.17) is 9.47 Å². The molecule has 0 saturated carbocycles. The van der Waals surface area contributed by atoms with E-state index in [9.17, 15) is 9.59 Å². The molecule has 1 heterocycles. The minimum absolute atomic E-state index is 0.00882. The highest BCUT2D eigenvalue weighted by atomic mass is 32.2. The average Bonchev–Trinajstić information content (AvgIpc) is 3.07. The van der Waals surface area contributed by atoms with E-state index in [1.54, 1.807) is 49.1 Å². The van der Waals surface area contributed by atoms with Crippen LogP contribution in [0.1, 0.15) is 0 Å². The normalized spacial score (nSPS) is 13.6. The summed E-state index contributed by atoms with van der Waals surface area (Å²) in [6.07, 6.45) is 1.98. The van der Waals surface area contributed by atoms with Gasteiger partial charge in [-0.3, -0.25) is 9.69 Å². The van der Waals surface area contributed by atoms with Crippen molar-refractivity contribution >= 4 is 35.1 Å². The molecule has 0 aliphatic carbocycles. The standard InChI is InChI=1S/C20H23N3O4S/c1-26-15-7-8-18(27-2)17(12-15)23-10-9-22(20(23)25)13-19(24)21-14-5-4-6-16(11-14)28-3/h4-8,11-12H,9-10,13H2,1-3H3,(H,21,24). The molecule has 0 spiro atoms. The van der Waals surface area contributed by atoms with Crippen molar-refractivity contribution in [2.45, 2.75) is 4.90 Å². The molecule has 2 aromatic carbocycles. The third kappa shape index (κ3) is 4.33. The molecule has 148 valence electrons. The minimum atomic E-state index is -0.237. The minimum Gasteiger partial charge on any atom is -0.497 e. The Balaban J connectivity index is 1.68. The van der Waals surface area contributed by atoms with E-state index in [-0.39, 0.29) is 18.5 Å². The van der Waals surface area contributed by atoms with Gasteiger partial charge in [-0.05, 0) is 36.6 Å². The monoisotopic (exact) mass is 401 g/mol. The highest BCUT2D eigenvalue weighted by Gasteiger charge is 2.32. The van der Waals surface area contributed by atoms with Crippen LogP contribution in [0.25, 0.3) is 0 Å². The number of carbonyl (C=O) groups is 2. The molecule has 0 aromatic heterocycles. The second-order valence-corrected chi connectivity index (χ2v) is 7.05. The van der Waals surface area contributed by atoms with E-state index in [1.807, 2.05) is 30.5 Å². The number of rotatable bonds is 7. The van der Waals surface area contributed by atoms with E-state index >= 15 is 0 Å². The number of benzene rings is 2. The summed E-state index contributed by atoms with van der Waals surface area (Å²) in [6, 6.07) is 12.7. The maximum absolute atomic E-state index is 12.8. The number of anilines is 2. The van der Waals surface area contributed by atoms with Crippen LogP contribution in [0.4, 0.5) is 16.2 Å². The molecular weight excluding hydrogens is 378 g/mol. The van der Waals surface area contributed by atoms with Crippen molar-refractivity contribution in [3.05, 3.63) is 42.5 Å². The number of hydrogen-bond acceptors (Lipinski definition) is 5. The number of hydrogen-bond donors (Lipinski definition) is 1. The van der Waals surface area contributed by atoms with Crippen molar-refractivity contribution in [1.29, 1.82) is 0 Å². The summed E-state index contributed by atoms with van der Waals surface area (Å²) < 4.78 is 10.6.